The van der Waals surface area contributed by atoms with E-state index in [4.69, 9.17) is 10.5 Å². The van der Waals surface area contributed by atoms with Crippen LogP contribution in [0.15, 0.2) is 0 Å². The van der Waals surface area contributed by atoms with E-state index in [1.807, 2.05) is 0 Å². The van der Waals surface area contributed by atoms with Gasteiger partial charge >= 0.3 is 0 Å². The molecule has 1 rings (SSSR count). The zero-order valence-corrected chi connectivity index (χ0v) is 11.0. The first-order valence-electron chi connectivity index (χ1n) is 6.76. The van der Waals surface area contributed by atoms with Crippen LogP contribution < -0.4 is 5.73 Å². The lowest BCUT2D eigenvalue weighted by molar-refractivity contribution is -0.0213. The molecule has 2 N–H and O–H groups in total. The maximum Gasteiger partial charge on any atom is 0.0546 e. The van der Waals surface area contributed by atoms with Gasteiger partial charge in [0.15, 0.2) is 0 Å². The lowest BCUT2D eigenvalue weighted by Gasteiger charge is -2.39. The fourth-order valence-corrected chi connectivity index (χ4v) is 2.47. The Hall–Kier alpha value is -0.120. The average molecular weight is 228 g/mol. The second-order valence-electron chi connectivity index (χ2n) is 5.08. The van der Waals surface area contributed by atoms with Gasteiger partial charge in [-0.25, -0.2) is 0 Å². The Morgan fingerprint density at radius 3 is 2.69 bits per heavy atom. The molecule has 0 amide bonds. The zero-order valence-electron chi connectivity index (χ0n) is 11.0. The molecule has 1 fully saturated rings. The molecule has 0 saturated carbocycles. The summed E-state index contributed by atoms with van der Waals surface area (Å²) in [5.74, 6) is 0. The Kier molecular flexibility index (Phi) is 6.32. The summed E-state index contributed by atoms with van der Waals surface area (Å²) in [7, 11) is 0. The summed E-state index contributed by atoms with van der Waals surface area (Å²) in [4.78, 5) is 2.53. The van der Waals surface area contributed by atoms with Crippen LogP contribution in [-0.2, 0) is 4.74 Å². The van der Waals surface area contributed by atoms with Crippen LogP contribution >= 0.6 is 0 Å². The first-order valence-corrected chi connectivity index (χ1v) is 6.76. The molecule has 1 saturated heterocycles. The van der Waals surface area contributed by atoms with E-state index in [1.165, 1.54) is 32.2 Å². The minimum Gasteiger partial charge on any atom is -0.381 e. The number of hydrogen-bond acceptors (Lipinski definition) is 3. The maximum atomic E-state index is 5.96. The van der Waals surface area contributed by atoms with Gasteiger partial charge in [-0.2, -0.15) is 0 Å². The van der Waals surface area contributed by atoms with Gasteiger partial charge in [-0.15, -0.1) is 0 Å². The fourth-order valence-electron chi connectivity index (χ4n) is 2.47. The first kappa shape index (κ1) is 13.9. The molecule has 1 heterocycles. The Bertz CT molecular complexity index is 179. The normalized spacial score (nSPS) is 26.2. The summed E-state index contributed by atoms with van der Waals surface area (Å²) in [6, 6.07) is 0. The van der Waals surface area contributed by atoms with Crippen molar-refractivity contribution >= 4 is 0 Å². The van der Waals surface area contributed by atoms with E-state index in [-0.39, 0.29) is 5.41 Å². The summed E-state index contributed by atoms with van der Waals surface area (Å²) in [6.45, 7) is 10.5. The van der Waals surface area contributed by atoms with Crippen LogP contribution in [0.5, 0.6) is 0 Å². The van der Waals surface area contributed by atoms with Crippen molar-refractivity contribution in [3.8, 4) is 0 Å². The number of unbranched alkanes of at least 4 members (excludes halogenated alkanes) is 1. The molecule has 16 heavy (non-hydrogen) atoms. The number of rotatable bonds is 7. The summed E-state index contributed by atoms with van der Waals surface area (Å²) < 4.78 is 5.62. The third kappa shape index (κ3) is 4.04. The molecule has 0 spiro atoms. The summed E-state index contributed by atoms with van der Waals surface area (Å²) in [5, 5.41) is 0. The number of ether oxygens (including phenoxy) is 1. The average Bonchev–Trinajstić information content (AvgIpc) is 2.35. The van der Waals surface area contributed by atoms with Gasteiger partial charge in [-0.1, -0.05) is 20.3 Å². The number of nitrogens with two attached hydrogens (primary N) is 1. The van der Waals surface area contributed by atoms with Crippen molar-refractivity contribution in [1.82, 2.24) is 4.90 Å². The zero-order chi connectivity index (χ0) is 11.9. The Balaban J connectivity index is 2.45. The molecule has 1 atom stereocenters. The van der Waals surface area contributed by atoms with E-state index in [1.54, 1.807) is 0 Å². The van der Waals surface area contributed by atoms with Gasteiger partial charge in [-0.3, -0.25) is 0 Å². The third-order valence-electron chi connectivity index (χ3n) is 3.67. The molecule has 3 heteroatoms. The van der Waals surface area contributed by atoms with Crippen LogP contribution in [0.2, 0.25) is 0 Å². The van der Waals surface area contributed by atoms with E-state index < -0.39 is 0 Å². The molecule has 0 aliphatic carbocycles. The molecule has 96 valence electrons. The Labute approximate surface area is 100 Å². The van der Waals surface area contributed by atoms with E-state index in [0.29, 0.717) is 0 Å². The quantitative estimate of drug-likeness (QED) is 0.723. The molecular formula is C13H28N2O. The molecule has 0 aromatic rings. The van der Waals surface area contributed by atoms with Gasteiger partial charge in [0.25, 0.3) is 0 Å². The molecule has 0 radical (unpaired) electrons. The van der Waals surface area contributed by atoms with Crippen molar-refractivity contribution in [3.05, 3.63) is 0 Å². The molecule has 1 aliphatic rings. The molecule has 1 aliphatic heterocycles. The topological polar surface area (TPSA) is 38.5 Å². The van der Waals surface area contributed by atoms with Crippen molar-refractivity contribution < 1.29 is 4.74 Å². The van der Waals surface area contributed by atoms with E-state index in [0.717, 1.165) is 32.8 Å². The van der Waals surface area contributed by atoms with Crippen LogP contribution in [0.1, 0.15) is 39.5 Å². The highest BCUT2D eigenvalue weighted by atomic mass is 16.5. The molecule has 0 aromatic heterocycles. The van der Waals surface area contributed by atoms with Gasteiger partial charge in [0, 0.05) is 25.1 Å². The van der Waals surface area contributed by atoms with Crippen LogP contribution in [0.25, 0.3) is 0 Å². The van der Waals surface area contributed by atoms with Gasteiger partial charge in [0.2, 0.25) is 0 Å². The Morgan fingerprint density at radius 2 is 2.19 bits per heavy atom. The standard InChI is InChI=1S/C13H28N2O/c1-3-5-8-15(4-2)11-13(10-14)7-6-9-16-12-13/h3-12,14H2,1-2H3. The van der Waals surface area contributed by atoms with Gasteiger partial charge in [-0.05, 0) is 32.4 Å². The van der Waals surface area contributed by atoms with Crippen molar-refractivity contribution in [1.29, 1.82) is 0 Å². The summed E-state index contributed by atoms with van der Waals surface area (Å²) in [6.07, 6.45) is 4.95. The monoisotopic (exact) mass is 228 g/mol. The van der Waals surface area contributed by atoms with E-state index in [9.17, 15) is 0 Å². The van der Waals surface area contributed by atoms with Crippen molar-refractivity contribution in [2.75, 3.05) is 39.4 Å². The van der Waals surface area contributed by atoms with Gasteiger partial charge in [0.1, 0.15) is 0 Å². The molecular weight excluding hydrogens is 200 g/mol. The summed E-state index contributed by atoms with van der Waals surface area (Å²) in [5.41, 5.74) is 6.19. The third-order valence-corrected chi connectivity index (χ3v) is 3.67. The first-order chi connectivity index (χ1) is 7.76. The van der Waals surface area contributed by atoms with Crippen molar-refractivity contribution in [2.24, 2.45) is 11.1 Å². The smallest absolute Gasteiger partial charge is 0.0546 e. The Morgan fingerprint density at radius 1 is 1.38 bits per heavy atom. The van der Waals surface area contributed by atoms with Crippen LogP contribution in [0, 0.1) is 5.41 Å². The maximum absolute atomic E-state index is 5.96. The van der Waals surface area contributed by atoms with Gasteiger partial charge in [0.05, 0.1) is 6.61 Å². The van der Waals surface area contributed by atoms with E-state index in [2.05, 4.69) is 18.7 Å². The second kappa shape index (κ2) is 7.25. The molecule has 0 aromatic carbocycles. The highest BCUT2D eigenvalue weighted by Crippen LogP contribution is 2.28. The largest absolute Gasteiger partial charge is 0.381 e. The van der Waals surface area contributed by atoms with Crippen LogP contribution in [0.3, 0.4) is 0 Å². The molecule has 0 bridgehead atoms. The number of hydrogen-bond donors (Lipinski definition) is 1. The highest BCUT2D eigenvalue weighted by Gasteiger charge is 2.32. The van der Waals surface area contributed by atoms with Crippen LogP contribution in [0.4, 0.5) is 0 Å². The summed E-state index contributed by atoms with van der Waals surface area (Å²) >= 11 is 0. The van der Waals surface area contributed by atoms with Crippen molar-refractivity contribution in [2.45, 2.75) is 39.5 Å². The SMILES string of the molecule is CCCCN(CC)CC1(CN)CCCOC1. The highest BCUT2D eigenvalue weighted by molar-refractivity contribution is 4.86. The lowest BCUT2D eigenvalue weighted by Crippen LogP contribution is -2.48. The molecule has 3 nitrogen and oxygen atoms in total. The van der Waals surface area contributed by atoms with E-state index >= 15 is 0 Å². The minimum atomic E-state index is 0.224. The second-order valence-corrected chi connectivity index (χ2v) is 5.08. The fraction of sp³-hybridized carbons (Fsp3) is 1.00. The van der Waals surface area contributed by atoms with Crippen LogP contribution in [-0.4, -0.2) is 44.3 Å². The predicted molar refractivity (Wildman–Crippen MR) is 68.6 cm³/mol. The number of nitrogens with zero attached hydrogens (tertiary/aromatic N) is 1. The molecule has 1 unspecified atom stereocenters. The van der Waals surface area contributed by atoms with Crippen molar-refractivity contribution in [3.63, 3.8) is 0 Å². The predicted octanol–water partition coefficient (Wildman–Crippen LogP) is 1.86. The lowest BCUT2D eigenvalue weighted by atomic mass is 9.82. The van der Waals surface area contributed by atoms with Gasteiger partial charge < -0.3 is 15.4 Å². The minimum absolute atomic E-state index is 0.224.